The van der Waals surface area contributed by atoms with Gasteiger partial charge in [0.15, 0.2) is 11.5 Å². The molecule has 1 aromatic rings. The molecule has 0 bridgehead atoms. The minimum atomic E-state index is -0.897. The van der Waals surface area contributed by atoms with Gasteiger partial charge in [-0.05, 0) is 19.1 Å². The summed E-state index contributed by atoms with van der Waals surface area (Å²) in [5, 5.41) is 19.0. The second kappa shape index (κ2) is 4.96. The molecule has 20 heavy (non-hydrogen) atoms. The predicted octanol–water partition coefficient (Wildman–Crippen LogP) is -0.221. The second-order valence-electron chi connectivity index (χ2n) is 5.19. The molecule has 0 spiro atoms. The molecule has 1 aromatic carbocycles. The Labute approximate surface area is 116 Å². The van der Waals surface area contributed by atoms with Crippen molar-refractivity contribution in [3.05, 3.63) is 24.3 Å². The zero-order valence-corrected chi connectivity index (χ0v) is 11.1. The summed E-state index contributed by atoms with van der Waals surface area (Å²) in [6.07, 6.45) is -2.98. The van der Waals surface area contributed by atoms with Crippen LogP contribution in [0.25, 0.3) is 0 Å². The van der Waals surface area contributed by atoms with E-state index < -0.39 is 24.4 Å². The Morgan fingerprint density at radius 1 is 1.15 bits per heavy atom. The van der Waals surface area contributed by atoms with Crippen LogP contribution in [0.15, 0.2) is 24.3 Å². The molecule has 4 unspecified atom stereocenters. The Kier molecular flexibility index (Phi) is 3.27. The van der Waals surface area contributed by atoms with E-state index in [9.17, 15) is 15.0 Å². The molecule has 2 N–H and O–H groups in total. The number of para-hydroxylation sites is 2. The summed E-state index contributed by atoms with van der Waals surface area (Å²) in [6, 6.07) is 7.18. The molecule has 0 aromatic heterocycles. The van der Waals surface area contributed by atoms with Gasteiger partial charge in [-0.2, -0.15) is 0 Å². The number of aliphatic hydroxyl groups excluding tert-OH is 2. The molecule has 2 aliphatic rings. The molecule has 2 aliphatic heterocycles. The van der Waals surface area contributed by atoms with Crippen LogP contribution in [0, 0.1) is 0 Å². The van der Waals surface area contributed by atoms with Gasteiger partial charge in [0, 0.05) is 13.1 Å². The summed E-state index contributed by atoms with van der Waals surface area (Å²) < 4.78 is 11.4. The number of β-amino-alcohol motifs (C(OH)–C–C–N with tert-alkyl or cyclic N) is 2. The number of hydrogen-bond donors (Lipinski definition) is 2. The molecule has 0 aliphatic carbocycles. The molecule has 1 amide bonds. The standard InChI is InChI=1S/C14H17NO5/c1-8-13(14(18)15-6-9(16)10(17)7-15)20-12-5-3-2-4-11(12)19-8/h2-5,8-10,13,16-17H,6-7H2,1H3. The summed E-state index contributed by atoms with van der Waals surface area (Å²) in [6.45, 7) is 2.00. The Hall–Kier alpha value is -1.79. The van der Waals surface area contributed by atoms with Crippen molar-refractivity contribution in [3.8, 4) is 11.5 Å². The number of nitrogens with zero attached hydrogens (tertiary/aromatic N) is 1. The van der Waals surface area contributed by atoms with Gasteiger partial charge in [-0.15, -0.1) is 0 Å². The van der Waals surface area contributed by atoms with Gasteiger partial charge in [-0.25, -0.2) is 0 Å². The van der Waals surface area contributed by atoms with Gasteiger partial charge in [0.05, 0.1) is 12.2 Å². The molecule has 1 fully saturated rings. The molecule has 4 atom stereocenters. The fraction of sp³-hybridized carbons (Fsp3) is 0.500. The molecule has 108 valence electrons. The molecular formula is C14H17NO5. The highest BCUT2D eigenvalue weighted by molar-refractivity contribution is 5.82. The van der Waals surface area contributed by atoms with Crippen LogP contribution in [0.4, 0.5) is 0 Å². The monoisotopic (exact) mass is 279 g/mol. The van der Waals surface area contributed by atoms with Crippen LogP contribution in [-0.2, 0) is 4.79 Å². The van der Waals surface area contributed by atoms with Crippen molar-refractivity contribution in [1.29, 1.82) is 0 Å². The summed E-state index contributed by atoms with van der Waals surface area (Å²) in [5.74, 6) is 0.873. The van der Waals surface area contributed by atoms with Gasteiger partial charge in [0.1, 0.15) is 6.10 Å². The van der Waals surface area contributed by atoms with Crippen molar-refractivity contribution < 1.29 is 24.5 Å². The van der Waals surface area contributed by atoms with Gasteiger partial charge in [-0.3, -0.25) is 4.79 Å². The third-order valence-corrected chi connectivity index (χ3v) is 3.66. The molecule has 1 saturated heterocycles. The fourth-order valence-corrected chi connectivity index (χ4v) is 2.52. The Bertz CT molecular complexity index is 510. The van der Waals surface area contributed by atoms with E-state index in [-0.39, 0.29) is 19.0 Å². The number of likely N-dealkylation sites (tertiary alicyclic amines) is 1. The molecule has 6 nitrogen and oxygen atoms in total. The van der Waals surface area contributed by atoms with E-state index in [4.69, 9.17) is 9.47 Å². The van der Waals surface area contributed by atoms with E-state index in [1.165, 1.54) is 4.90 Å². The maximum atomic E-state index is 12.4. The first-order valence-corrected chi connectivity index (χ1v) is 6.63. The minimum absolute atomic E-state index is 0.119. The zero-order chi connectivity index (χ0) is 14.3. The lowest BCUT2D eigenvalue weighted by Gasteiger charge is -2.33. The van der Waals surface area contributed by atoms with E-state index in [0.29, 0.717) is 11.5 Å². The summed E-state index contributed by atoms with van der Waals surface area (Å²) in [5.41, 5.74) is 0. The van der Waals surface area contributed by atoms with Crippen LogP contribution >= 0.6 is 0 Å². The van der Waals surface area contributed by atoms with Crippen LogP contribution in [0.1, 0.15) is 6.92 Å². The maximum absolute atomic E-state index is 12.4. The van der Waals surface area contributed by atoms with Crippen LogP contribution in [-0.4, -0.2) is 58.5 Å². The second-order valence-corrected chi connectivity index (χ2v) is 5.19. The number of carbonyl (C=O) groups excluding carboxylic acids is 1. The molecule has 6 heteroatoms. The molecular weight excluding hydrogens is 262 g/mol. The summed E-state index contributed by atoms with van der Waals surface area (Å²) in [4.78, 5) is 13.8. The third-order valence-electron chi connectivity index (χ3n) is 3.66. The van der Waals surface area contributed by atoms with E-state index in [1.54, 1.807) is 19.1 Å². The lowest BCUT2D eigenvalue weighted by atomic mass is 10.1. The number of rotatable bonds is 1. The highest BCUT2D eigenvalue weighted by atomic mass is 16.6. The lowest BCUT2D eigenvalue weighted by molar-refractivity contribution is -0.143. The van der Waals surface area contributed by atoms with Crippen molar-refractivity contribution in [2.45, 2.75) is 31.3 Å². The Balaban J connectivity index is 1.76. The molecule has 3 rings (SSSR count). The zero-order valence-electron chi connectivity index (χ0n) is 11.1. The van der Waals surface area contributed by atoms with Gasteiger partial charge < -0.3 is 24.6 Å². The quantitative estimate of drug-likeness (QED) is 0.743. The first kappa shape index (κ1) is 13.2. The first-order valence-electron chi connectivity index (χ1n) is 6.63. The fourth-order valence-electron chi connectivity index (χ4n) is 2.52. The van der Waals surface area contributed by atoms with Crippen LogP contribution < -0.4 is 9.47 Å². The lowest BCUT2D eigenvalue weighted by Crippen LogP contribution is -2.50. The number of benzene rings is 1. The van der Waals surface area contributed by atoms with E-state index in [2.05, 4.69) is 0 Å². The van der Waals surface area contributed by atoms with Crippen LogP contribution in [0.5, 0.6) is 11.5 Å². The predicted molar refractivity (Wildman–Crippen MR) is 69.5 cm³/mol. The van der Waals surface area contributed by atoms with E-state index >= 15 is 0 Å². The van der Waals surface area contributed by atoms with Crippen molar-refractivity contribution in [1.82, 2.24) is 4.90 Å². The Morgan fingerprint density at radius 2 is 1.70 bits per heavy atom. The number of aliphatic hydroxyl groups is 2. The molecule has 0 saturated carbocycles. The topological polar surface area (TPSA) is 79.2 Å². The normalized spacial score (nSPS) is 32.2. The number of amides is 1. The van der Waals surface area contributed by atoms with Crippen molar-refractivity contribution in [3.63, 3.8) is 0 Å². The first-order chi connectivity index (χ1) is 9.56. The van der Waals surface area contributed by atoms with E-state index in [1.807, 2.05) is 12.1 Å². The number of carbonyl (C=O) groups is 1. The smallest absolute Gasteiger partial charge is 0.267 e. The van der Waals surface area contributed by atoms with Crippen molar-refractivity contribution in [2.24, 2.45) is 0 Å². The van der Waals surface area contributed by atoms with Crippen LogP contribution in [0.3, 0.4) is 0 Å². The van der Waals surface area contributed by atoms with E-state index in [0.717, 1.165) is 0 Å². The number of hydrogen-bond acceptors (Lipinski definition) is 5. The SMILES string of the molecule is CC1Oc2ccccc2OC1C(=O)N1CC(O)C(O)C1. The summed E-state index contributed by atoms with van der Waals surface area (Å²) >= 11 is 0. The van der Waals surface area contributed by atoms with Gasteiger partial charge >= 0.3 is 0 Å². The number of ether oxygens (including phenoxy) is 2. The van der Waals surface area contributed by atoms with Crippen molar-refractivity contribution >= 4 is 5.91 Å². The average Bonchev–Trinajstić information content (AvgIpc) is 2.77. The van der Waals surface area contributed by atoms with Gasteiger partial charge in [0.25, 0.3) is 5.91 Å². The Morgan fingerprint density at radius 3 is 2.30 bits per heavy atom. The highest BCUT2D eigenvalue weighted by Crippen LogP contribution is 2.34. The largest absolute Gasteiger partial charge is 0.482 e. The summed E-state index contributed by atoms with van der Waals surface area (Å²) in [7, 11) is 0. The maximum Gasteiger partial charge on any atom is 0.267 e. The van der Waals surface area contributed by atoms with Gasteiger partial charge in [-0.1, -0.05) is 12.1 Å². The highest BCUT2D eigenvalue weighted by Gasteiger charge is 2.41. The van der Waals surface area contributed by atoms with Crippen molar-refractivity contribution in [2.75, 3.05) is 13.1 Å². The molecule has 0 radical (unpaired) electrons. The molecule has 2 heterocycles. The number of fused-ring (bicyclic) bond motifs is 1. The minimum Gasteiger partial charge on any atom is -0.482 e. The van der Waals surface area contributed by atoms with Crippen LogP contribution in [0.2, 0.25) is 0 Å². The third kappa shape index (κ3) is 2.21. The average molecular weight is 279 g/mol. The van der Waals surface area contributed by atoms with Gasteiger partial charge in [0.2, 0.25) is 6.10 Å².